The van der Waals surface area contributed by atoms with Crippen LogP contribution in [0.15, 0.2) is 0 Å². The van der Waals surface area contributed by atoms with Crippen LogP contribution in [0.25, 0.3) is 0 Å². The molecule has 0 aliphatic carbocycles. The van der Waals surface area contributed by atoms with E-state index in [0.29, 0.717) is 21.8 Å². The van der Waals surface area contributed by atoms with Gasteiger partial charge in [0.15, 0.2) is 0 Å². The lowest BCUT2D eigenvalue weighted by Crippen LogP contribution is -2.01. The van der Waals surface area contributed by atoms with Gasteiger partial charge in [-0.2, -0.15) is 0 Å². The highest BCUT2D eigenvalue weighted by molar-refractivity contribution is 7.95. The molecular formula is C14H32S2+2. The van der Waals surface area contributed by atoms with Crippen molar-refractivity contribution in [2.24, 2.45) is 0 Å². The Bertz CT molecular complexity index is 117. The summed E-state index contributed by atoms with van der Waals surface area (Å²) in [7, 11) is 1.34. The molecule has 0 aromatic heterocycles. The zero-order valence-corrected chi connectivity index (χ0v) is 13.5. The van der Waals surface area contributed by atoms with Crippen LogP contribution in [0.3, 0.4) is 0 Å². The van der Waals surface area contributed by atoms with E-state index in [9.17, 15) is 0 Å². The molecule has 0 unspecified atom stereocenters. The van der Waals surface area contributed by atoms with Crippen molar-refractivity contribution in [1.29, 1.82) is 0 Å². The summed E-state index contributed by atoms with van der Waals surface area (Å²) in [6, 6.07) is 0. The van der Waals surface area contributed by atoms with Crippen molar-refractivity contribution in [3.05, 3.63) is 0 Å². The molecule has 0 saturated heterocycles. The first-order valence-corrected chi connectivity index (χ1v) is 11.1. The zero-order chi connectivity index (χ0) is 12.2. The molecule has 0 radical (unpaired) electrons. The Morgan fingerprint density at radius 3 is 0.938 bits per heavy atom. The summed E-state index contributed by atoms with van der Waals surface area (Å²) in [6.45, 7) is 0. The lowest BCUT2D eigenvalue weighted by atomic mass is 10.1. The second-order valence-corrected chi connectivity index (χ2v) is 9.97. The van der Waals surface area contributed by atoms with Crippen molar-refractivity contribution in [2.75, 3.05) is 36.5 Å². The van der Waals surface area contributed by atoms with E-state index in [1.165, 1.54) is 62.9 Å². The van der Waals surface area contributed by atoms with E-state index in [0.717, 1.165) is 0 Å². The van der Waals surface area contributed by atoms with Crippen LogP contribution in [0.2, 0.25) is 0 Å². The monoisotopic (exact) mass is 264 g/mol. The topological polar surface area (TPSA) is 0 Å². The Morgan fingerprint density at radius 1 is 0.438 bits per heavy atom. The lowest BCUT2D eigenvalue weighted by Gasteiger charge is -2.01. The molecule has 0 aliphatic heterocycles. The second-order valence-electron chi connectivity index (χ2n) is 5.21. The summed E-state index contributed by atoms with van der Waals surface area (Å²) >= 11 is 0. The first kappa shape index (κ1) is 16.7. The fourth-order valence-corrected chi connectivity index (χ4v) is 3.41. The van der Waals surface area contributed by atoms with E-state index in [4.69, 9.17) is 0 Å². The third kappa shape index (κ3) is 14.7. The minimum atomic E-state index is 0.669. The lowest BCUT2D eigenvalue weighted by molar-refractivity contribution is 0.587. The van der Waals surface area contributed by atoms with E-state index in [-0.39, 0.29) is 0 Å². The van der Waals surface area contributed by atoms with Crippen molar-refractivity contribution in [1.82, 2.24) is 0 Å². The normalized spacial score (nSPS) is 11.6. The highest BCUT2D eigenvalue weighted by atomic mass is 32.2. The van der Waals surface area contributed by atoms with E-state index < -0.39 is 0 Å². The third-order valence-corrected chi connectivity index (χ3v) is 5.07. The molecule has 98 valence electrons. The number of rotatable bonds is 11. The molecule has 0 spiro atoms. The van der Waals surface area contributed by atoms with Crippen LogP contribution in [0, 0.1) is 0 Å². The minimum Gasteiger partial charge on any atom is -0.0533 e. The molecular weight excluding hydrogens is 232 g/mol. The van der Waals surface area contributed by atoms with Crippen LogP contribution in [-0.4, -0.2) is 36.5 Å². The molecule has 0 aromatic rings. The summed E-state index contributed by atoms with van der Waals surface area (Å²) < 4.78 is 0. The predicted molar refractivity (Wildman–Crippen MR) is 85.1 cm³/mol. The second kappa shape index (κ2) is 12.2. The summed E-state index contributed by atoms with van der Waals surface area (Å²) in [5, 5.41) is 0. The van der Waals surface area contributed by atoms with E-state index in [1.54, 1.807) is 0 Å². The molecule has 0 fully saturated rings. The van der Waals surface area contributed by atoms with E-state index in [2.05, 4.69) is 25.0 Å². The first-order chi connectivity index (χ1) is 7.63. The standard InChI is InChI=1S/C14H32S2/c1-15(2)13-11-9-7-5-6-8-10-12-14-16(3)4/h5-14H2,1-4H3/q+2. The minimum absolute atomic E-state index is 0.669. The molecule has 0 saturated carbocycles. The summed E-state index contributed by atoms with van der Waals surface area (Å²) in [6.07, 6.45) is 21.2. The SMILES string of the molecule is C[S+](C)CCCCCCCCCC[S+](C)C. The molecule has 16 heavy (non-hydrogen) atoms. The Kier molecular flexibility index (Phi) is 12.7. The van der Waals surface area contributed by atoms with Crippen LogP contribution in [0.1, 0.15) is 51.4 Å². The molecule has 0 N–H and O–H groups in total. The first-order valence-electron chi connectivity index (χ1n) is 6.71. The molecule has 0 atom stereocenters. The van der Waals surface area contributed by atoms with Crippen LogP contribution in [0.4, 0.5) is 0 Å². The van der Waals surface area contributed by atoms with E-state index >= 15 is 0 Å². The highest BCUT2D eigenvalue weighted by Gasteiger charge is 2.02. The van der Waals surface area contributed by atoms with Crippen molar-refractivity contribution < 1.29 is 0 Å². The maximum absolute atomic E-state index is 2.36. The molecule has 0 amide bonds. The third-order valence-electron chi connectivity index (χ3n) is 2.86. The molecule has 0 aromatic carbocycles. The Morgan fingerprint density at radius 2 is 0.688 bits per heavy atom. The number of unbranched alkanes of at least 4 members (excludes halogenated alkanes) is 7. The average molecular weight is 265 g/mol. The maximum atomic E-state index is 2.36. The van der Waals surface area contributed by atoms with Crippen LogP contribution in [0.5, 0.6) is 0 Å². The number of hydrogen-bond acceptors (Lipinski definition) is 0. The van der Waals surface area contributed by atoms with Gasteiger partial charge in [0.25, 0.3) is 0 Å². The average Bonchev–Trinajstić information content (AvgIpc) is 2.20. The van der Waals surface area contributed by atoms with Crippen LogP contribution < -0.4 is 0 Å². The molecule has 0 nitrogen and oxygen atoms in total. The van der Waals surface area contributed by atoms with Gasteiger partial charge in [0.1, 0.15) is 11.5 Å². The van der Waals surface area contributed by atoms with Crippen LogP contribution >= 0.6 is 0 Å². The summed E-state index contributed by atoms with van der Waals surface area (Å²) in [5.74, 6) is 2.91. The van der Waals surface area contributed by atoms with Crippen molar-refractivity contribution in [3.8, 4) is 0 Å². The summed E-state index contributed by atoms with van der Waals surface area (Å²) in [4.78, 5) is 0. The molecule has 0 bridgehead atoms. The highest BCUT2D eigenvalue weighted by Crippen LogP contribution is 2.09. The number of hydrogen-bond donors (Lipinski definition) is 0. The van der Waals surface area contributed by atoms with Crippen molar-refractivity contribution in [3.63, 3.8) is 0 Å². The fraction of sp³-hybridized carbons (Fsp3) is 1.00. The van der Waals surface area contributed by atoms with Gasteiger partial charge in [0.05, 0.1) is 25.0 Å². The van der Waals surface area contributed by atoms with Gasteiger partial charge in [-0.1, -0.05) is 25.7 Å². The van der Waals surface area contributed by atoms with Crippen molar-refractivity contribution >= 4 is 21.8 Å². The van der Waals surface area contributed by atoms with Gasteiger partial charge < -0.3 is 0 Å². The smallest absolute Gasteiger partial charge is 0.0533 e. The Hall–Kier alpha value is 0.700. The maximum Gasteiger partial charge on any atom is 0.107 e. The molecule has 0 rings (SSSR count). The largest absolute Gasteiger partial charge is 0.107 e. The fourth-order valence-electron chi connectivity index (χ4n) is 1.84. The van der Waals surface area contributed by atoms with E-state index in [1.807, 2.05) is 0 Å². The van der Waals surface area contributed by atoms with Gasteiger partial charge in [-0.05, 0) is 47.5 Å². The van der Waals surface area contributed by atoms with Crippen LogP contribution in [-0.2, 0) is 21.8 Å². The predicted octanol–water partition coefficient (Wildman–Crippen LogP) is 3.86. The Balaban J connectivity index is 2.93. The van der Waals surface area contributed by atoms with Gasteiger partial charge in [-0.15, -0.1) is 0 Å². The molecule has 0 aliphatic rings. The Labute approximate surface area is 110 Å². The molecule has 2 heteroatoms. The molecule has 0 heterocycles. The summed E-state index contributed by atoms with van der Waals surface area (Å²) in [5.41, 5.74) is 0. The van der Waals surface area contributed by atoms with Gasteiger partial charge in [-0.25, -0.2) is 0 Å². The van der Waals surface area contributed by atoms with Gasteiger partial charge >= 0.3 is 0 Å². The van der Waals surface area contributed by atoms with Gasteiger partial charge in [0, 0.05) is 0 Å². The van der Waals surface area contributed by atoms with Gasteiger partial charge in [-0.3, -0.25) is 0 Å². The van der Waals surface area contributed by atoms with Gasteiger partial charge in [0.2, 0.25) is 0 Å². The van der Waals surface area contributed by atoms with Crippen molar-refractivity contribution in [2.45, 2.75) is 51.4 Å². The quantitative estimate of drug-likeness (QED) is 0.393. The zero-order valence-electron chi connectivity index (χ0n) is 11.9.